The van der Waals surface area contributed by atoms with Gasteiger partial charge in [-0.05, 0) is 48.7 Å². The van der Waals surface area contributed by atoms with E-state index in [1.165, 1.54) is 5.57 Å². The molecule has 1 aromatic carbocycles. The highest BCUT2D eigenvalue weighted by Gasteiger charge is 2.23. The molecule has 2 aliphatic rings. The summed E-state index contributed by atoms with van der Waals surface area (Å²) in [6, 6.07) is 6.10. The number of halogens is 1. The van der Waals surface area contributed by atoms with Crippen LogP contribution < -0.4 is 4.74 Å². The molecule has 1 unspecified atom stereocenters. The van der Waals surface area contributed by atoms with E-state index in [1.54, 1.807) is 0 Å². The highest BCUT2D eigenvalue weighted by atomic mass is 79.9. The van der Waals surface area contributed by atoms with Gasteiger partial charge in [0, 0.05) is 29.7 Å². The van der Waals surface area contributed by atoms with Crippen molar-refractivity contribution in [3.8, 4) is 5.75 Å². The fraction of sp³-hybridized carbons (Fsp3) is 0.467. The molecule has 2 aliphatic heterocycles. The largest absolute Gasteiger partial charge is 0.489 e. The van der Waals surface area contributed by atoms with E-state index in [0.29, 0.717) is 19.1 Å². The Labute approximate surface area is 122 Å². The van der Waals surface area contributed by atoms with Crippen molar-refractivity contribution in [2.24, 2.45) is 5.92 Å². The minimum absolute atomic E-state index is 0.307. The summed E-state index contributed by atoms with van der Waals surface area (Å²) in [4.78, 5) is 2.40. The minimum Gasteiger partial charge on any atom is -0.489 e. The second-order valence-electron chi connectivity index (χ2n) is 5.35. The molecule has 1 fully saturated rings. The zero-order chi connectivity index (χ0) is 13.2. The molecule has 2 heterocycles. The van der Waals surface area contributed by atoms with E-state index in [-0.39, 0.29) is 0 Å². The molecule has 1 saturated heterocycles. The van der Waals surface area contributed by atoms with Crippen molar-refractivity contribution >= 4 is 22.0 Å². The summed E-state index contributed by atoms with van der Waals surface area (Å²) in [6.07, 6.45) is 3.34. The van der Waals surface area contributed by atoms with E-state index in [1.807, 2.05) is 12.1 Å². The van der Waals surface area contributed by atoms with Crippen LogP contribution in [0.2, 0.25) is 0 Å². The van der Waals surface area contributed by atoms with Crippen molar-refractivity contribution in [2.45, 2.75) is 6.42 Å². The normalized spacial score (nSPS) is 22.8. The van der Waals surface area contributed by atoms with Gasteiger partial charge in [-0.2, -0.15) is 0 Å². The van der Waals surface area contributed by atoms with Crippen molar-refractivity contribution in [3.63, 3.8) is 0 Å². The van der Waals surface area contributed by atoms with Crippen LogP contribution in [0.15, 0.2) is 28.2 Å². The van der Waals surface area contributed by atoms with Crippen LogP contribution in [0.4, 0.5) is 0 Å². The van der Waals surface area contributed by atoms with Gasteiger partial charge >= 0.3 is 0 Å². The zero-order valence-corrected chi connectivity index (χ0v) is 12.4. The molecular weight excluding hydrogens is 306 g/mol. The van der Waals surface area contributed by atoms with Gasteiger partial charge in [-0.25, -0.2) is 0 Å². The number of hydrogen-bond donors (Lipinski definition) is 1. The molecule has 0 aliphatic carbocycles. The van der Waals surface area contributed by atoms with Gasteiger partial charge in [0.15, 0.2) is 0 Å². The summed E-state index contributed by atoms with van der Waals surface area (Å²) in [7, 11) is 0. The van der Waals surface area contributed by atoms with Crippen LogP contribution in [0, 0.1) is 5.92 Å². The fourth-order valence-corrected chi connectivity index (χ4v) is 3.16. The van der Waals surface area contributed by atoms with E-state index in [0.717, 1.165) is 41.8 Å². The number of benzene rings is 1. The molecule has 0 spiro atoms. The third-order valence-corrected chi connectivity index (χ3v) is 4.29. The monoisotopic (exact) mass is 323 g/mol. The Balaban J connectivity index is 1.70. The van der Waals surface area contributed by atoms with E-state index in [9.17, 15) is 5.11 Å². The second-order valence-corrected chi connectivity index (χ2v) is 6.26. The van der Waals surface area contributed by atoms with Crippen molar-refractivity contribution in [1.82, 2.24) is 4.90 Å². The maximum Gasteiger partial charge on any atom is 0.127 e. The fourth-order valence-electron chi connectivity index (χ4n) is 2.78. The number of nitrogens with zero attached hydrogens (tertiary/aromatic N) is 1. The molecule has 3 nitrogen and oxygen atoms in total. The summed E-state index contributed by atoms with van der Waals surface area (Å²) >= 11 is 3.49. The van der Waals surface area contributed by atoms with Crippen molar-refractivity contribution in [2.75, 3.05) is 32.8 Å². The van der Waals surface area contributed by atoms with E-state index >= 15 is 0 Å². The third-order valence-electron chi connectivity index (χ3n) is 3.80. The van der Waals surface area contributed by atoms with Crippen LogP contribution in [0.1, 0.15) is 12.0 Å². The lowest BCUT2D eigenvalue weighted by molar-refractivity contribution is 0.223. The van der Waals surface area contributed by atoms with Crippen LogP contribution in [0.5, 0.6) is 5.75 Å². The van der Waals surface area contributed by atoms with Gasteiger partial charge in [-0.15, -0.1) is 0 Å². The topological polar surface area (TPSA) is 32.7 Å². The first-order chi connectivity index (χ1) is 9.24. The number of ether oxygens (including phenoxy) is 1. The Morgan fingerprint density at radius 1 is 1.42 bits per heavy atom. The molecular formula is C15H18BrNO2. The average Bonchev–Trinajstić information content (AvgIpc) is 2.86. The quantitative estimate of drug-likeness (QED) is 0.927. The first kappa shape index (κ1) is 13.2. The molecule has 102 valence electrons. The zero-order valence-electron chi connectivity index (χ0n) is 10.8. The smallest absolute Gasteiger partial charge is 0.127 e. The Kier molecular flexibility index (Phi) is 3.91. The number of hydrogen-bond acceptors (Lipinski definition) is 3. The number of aliphatic hydroxyl groups excluding tert-OH is 1. The third kappa shape index (κ3) is 3.02. The van der Waals surface area contributed by atoms with Crippen molar-refractivity contribution < 1.29 is 9.84 Å². The lowest BCUT2D eigenvalue weighted by Crippen LogP contribution is -2.26. The number of likely N-dealkylation sites (tertiary alicyclic amines) is 1. The average molecular weight is 324 g/mol. The van der Waals surface area contributed by atoms with Gasteiger partial charge in [0.25, 0.3) is 0 Å². The lowest BCUT2D eigenvalue weighted by atomic mass is 10.1. The predicted octanol–water partition coefficient (Wildman–Crippen LogP) is 2.54. The van der Waals surface area contributed by atoms with Gasteiger partial charge in [-0.1, -0.05) is 15.9 Å². The summed E-state index contributed by atoms with van der Waals surface area (Å²) in [5.74, 6) is 1.41. The maximum atomic E-state index is 9.18. The Hall–Kier alpha value is -0.840. The molecule has 0 amide bonds. The van der Waals surface area contributed by atoms with Crippen LogP contribution in [-0.2, 0) is 0 Å². The molecule has 4 heteroatoms. The first-order valence-electron chi connectivity index (χ1n) is 6.69. The SMILES string of the molecule is OCC1CCN(CC2=Cc3cc(Br)ccc3OC2)C1. The predicted molar refractivity (Wildman–Crippen MR) is 79.2 cm³/mol. The standard InChI is InChI=1S/C15H18BrNO2/c16-14-1-2-15-13(6-14)5-12(10-19-15)8-17-4-3-11(7-17)9-18/h1-2,5-6,11,18H,3-4,7-10H2. The second kappa shape index (κ2) is 5.65. The Bertz CT molecular complexity index is 501. The Morgan fingerprint density at radius 2 is 2.32 bits per heavy atom. The van der Waals surface area contributed by atoms with Gasteiger partial charge < -0.3 is 9.84 Å². The summed E-state index contributed by atoms with van der Waals surface area (Å²) < 4.78 is 6.87. The molecule has 0 radical (unpaired) electrons. The number of aliphatic hydroxyl groups is 1. The molecule has 1 atom stereocenters. The number of rotatable bonds is 3. The molecule has 0 aromatic heterocycles. The number of fused-ring (bicyclic) bond motifs is 1. The molecule has 19 heavy (non-hydrogen) atoms. The van der Waals surface area contributed by atoms with Gasteiger partial charge in [0.05, 0.1) is 0 Å². The lowest BCUT2D eigenvalue weighted by Gasteiger charge is -2.22. The minimum atomic E-state index is 0.307. The summed E-state index contributed by atoms with van der Waals surface area (Å²) in [6.45, 7) is 4.01. The van der Waals surface area contributed by atoms with Gasteiger partial charge in [-0.3, -0.25) is 4.90 Å². The molecule has 0 saturated carbocycles. The van der Waals surface area contributed by atoms with Gasteiger partial charge in [0.1, 0.15) is 12.4 Å². The summed E-state index contributed by atoms with van der Waals surface area (Å²) in [5, 5.41) is 9.18. The van der Waals surface area contributed by atoms with Crippen LogP contribution in [0.3, 0.4) is 0 Å². The maximum absolute atomic E-state index is 9.18. The molecule has 0 bridgehead atoms. The van der Waals surface area contributed by atoms with Crippen molar-refractivity contribution in [1.29, 1.82) is 0 Å². The van der Waals surface area contributed by atoms with Gasteiger partial charge in [0.2, 0.25) is 0 Å². The molecule has 1 N–H and O–H groups in total. The Morgan fingerprint density at radius 3 is 3.11 bits per heavy atom. The van der Waals surface area contributed by atoms with Crippen LogP contribution >= 0.6 is 15.9 Å². The molecule has 3 rings (SSSR count). The van der Waals surface area contributed by atoms with Crippen LogP contribution in [0.25, 0.3) is 6.08 Å². The van der Waals surface area contributed by atoms with Crippen molar-refractivity contribution in [3.05, 3.63) is 33.8 Å². The van der Waals surface area contributed by atoms with E-state index in [2.05, 4.69) is 33.0 Å². The summed E-state index contributed by atoms with van der Waals surface area (Å²) in [5.41, 5.74) is 2.46. The van der Waals surface area contributed by atoms with Crippen LogP contribution in [-0.4, -0.2) is 42.9 Å². The highest BCUT2D eigenvalue weighted by molar-refractivity contribution is 9.10. The van der Waals surface area contributed by atoms with E-state index in [4.69, 9.17) is 4.74 Å². The first-order valence-corrected chi connectivity index (χ1v) is 7.49. The molecule has 1 aromatic rings. The highest BCUT2D eigenvalue weighted by Crippen LogP contribution is 2.29. The van der Waals surface area contributed by atoms with E-state index < -0.39 is 0 Å².